The van der Waals surface area contributed by atoms with Gasteiger partial charge in [0.15, 0.2) is 0 Å². The quantitative estimate of drug-likeness (QED) is 0.794. The van der Waals surface area contributed by atoms with Crippen LogP contribution in [0.1, 0.15) is 32.0 Å². The number of aromatic nitrogens is 2. The van der Waals surface area contributed by atoms with E-state index in [0.29, 0.717) is 12.5 Å². The highest BCUT2D eigenvalue weighted by atomic mass is 15.2. The Kier molecular flexibility index (Phi) is 4.96. The van der Waals surface area contributed by atoms with Crippen LogP contribution in [0.5, 0.6) is 0 Å². The molecule has 0 saturated heterocycles. The van der Waals surface area contributed by atoms with Crippen LogP contribution in [0.2, 0.25) is 0 Å². The Morgan fingerprint density at radius 1 is 1.56 bits per heavy atom. The molecule has 16 heavy (non-hydrogen) atoms. The molecule has 1 heterocycles. The molecule has 0 bridgehead atoms. The number of rotatable bonds is 6. The number of likely N-dealkylation sites (N-methyl/N-ethyl adjacent to an activating group) is 1. The van der Waals surface area contributed by atoms with Crippen LogP contribution in [0.15, 0.2) is 12.5 Å². The zero-order chi connectivity index (χ0) is 12.1. The van der Waals surface area contributed by atoms with E-state index < -0.39 is 0 Å². The van der Waals surface area contributed by atoms with Crippen molar-refractivity contribution in [2.24, 2.45) is 18.7 Å². The first-order chi connectivity index (χ1) is 7.60. The maximum absolute atomic E-state index is 5.87. The van der Waals surface area contributed by atoms with Crippen molar-refractivity contribution in [3.63, 3.8) is 0 Å². The van der Waals surface area contributed by atoms with Gasteiger partial charge in [0.2, 0.25) is 0 Å². The van der Waals surface area contributed by atoms with Gasteiger partial charge in [0, 0.05) is 26.3 Å². The van der Waals surface area contributed by atoms with Gasteiger partial charge in [0.1, 0.15) is 0 Å². The summed E-state index contributed by atoms with van der Waals surface area (Å²) in [5.74, 6) is 0.701. The molecule has 0 aromatic carbocycles. The van der Waals surface area contributed by atoms with Crippen LogP contribution in [-0.4, -0.2) is 34.6 Å². The molecular weight excluding hydrogens is 200 g/mol. The van der Waals surface area contributed by atoms with E-state index in [2.05, 4.69) is 30.8 Å². The normalized spacial score (nSPS) is 15.4. The van der Waals surface area contributed by atoms with Crippen LogP contribution >= 0.6 is 0 Å². The molecule has 1 aromatic heterocycles. The predicted molar refractivity (Wildman–Crippen MR) is 67.1 cm³/mol. The summed E-state index contributed by atoms with van der Waals surface area (Å²) in [6, 6.07) is 0.265. The lowest BCUT2D eigenvalue weighted by Gasteiger charge is -2.29. The summed E-state index contributed by atoms with van der Waals surface area (Å²) in [5.41, 5.74) is 7.06. The van der Waals surface area contributed by atoms with Crippen molar-refractivity contribution < 1.29 is 0 Å². The maximum atomic E-state index is 5.87. The Morgan fingerprint density at radius 3 is 2.69 bits per heavy atom. The van der Waals surface area contributed by atoms with Gasteiger partial charge < -0.3 is 10.3 Å². The first-order valence-corrected chi connectivity index (χ1v) is 5.96. The van der Waals surface area contributed by atoms with Crippen LogP contribution in [0.25, 0.3) is 0 Å². The third-order valence-corrected chi connectivity index (χ3v) is 3.25. The molecule has 0 amide bonds. The number of nitrogens with two attached hydrogens (primary N) is 1. The fraction of sp³-hybridized carbons (Fsp3) is 0.750. The van der Waals surface area contributed by atoms with Crippen molar-refractivity contribution in [1.29, 1.82) is 0 Å². The van der Waals surface area contributed by atoms with Crippen molar-refractivity contribution in [1.82, 2.24) is 14.5 Å². The van der Waals surface area contributed by atoms with Gasteiger partial charge >= 0.3 is 0 Å². The summed E-state index contributed by atoms with van der Waals surface area (Å²) in [6.07, 6.45) is 4.94. The Balaban J connectivity index is 2.71. The van der Waals surface area contributed by atoms with E-state index in [0.717, 1.165) is 6.54 Å². The Bertz CT molecular complexity index is 308. The molecule has 0 saturated carbocycles. The number of nitrogens with zero attached hydrogens (tertiary/aromatic N) is 3. The highest BCUT2D eigenvalue weighted by molar-refractivity contribution is 5.05. The van der Waals surface area contributed by atoms with Crippen LogP contribution in [-0.2, 0) is 7.05 Å². The van der Waals surface area contributed by atoms with Crippen LogP contribution in [0.3, 0.4) is 0 Å². The fourth-order valence-electron chi connectivity index (χ4n) is 1.96. The molecule has 4 heteroatoms. The zero-order valence-corrected chi connectivity index (χ0v) is 10.8. The maximum Gasteiger partial charge on any atom is 0.0946 e. The van der Waals surface area contributed by atoms with E-state index in [1.807, 2.05) is 24.1 Å². The molecule has 92 valence electrons. The Labute approximate surface area is 98.5 Å². The molecule has 0 radical (unpaired) electrons. The van der Waals surface area contributed by atoms with Gasteiger partial charge in [-0.1, -0.05) is 20.3 Å². The second kappa shape index (κ2) is 6.01. The average Bonchev–Trinajstić information content (AvgIpc) is 2.66. The van der Waals surface area contributed by atoms with Gasteiger partial charge in [-0.15, -0.1) is 0 Å². The molecular formula is C12H24N4. The molecule has 0 spiro atoms. The van der Waals surface area contributed by atoms with Crippen molar-refractivity contribution in [2.75, 3.05) is 20.1 Å². The molecule has 0 aliphatic heterocycles. The molecule has 2 unspecified atom stereocenters. The van der Waals surface area contributed by atoms with Crippen molar-refractivity contribution >= 4 is 0 Å². The first kappa shape index (κ1) is 13.2. The Morgan fingerprint density at radius 2 is 2.25 bits per heavy atom. The fourth-order valence-corrected chi connectivity index (χ4v) is 1.96. The van der Waals surface area contributed by atoms with E-state index >= 15 is 0 Å². The summed E-state index contributed by atoms with van der Waals surface area (Å²) >= 11 is 0. The minimum Gasteiger partial charge on any atom is -0.336 e. The molecule has 0 aliphatic rings. The van der Waals surface area contributed by atoms with Gasteiger partial charge in [-0.05, 0) is 13.0 Å². The van der Waals surface area contributed by atoms with Crippen molar-refractivity contribution in [3.05, 3.63) is 18.2 Å². The minimum atomic E-state index is 0.265. The summed E-state index contributed by atoms with van der Waals surface area (Å²) < 4.78 is 2.05. The minimum absolute atomic E-state index is 0.265. The molecule has 2 N–H and O–H groups in total. The second-order valence-electron chi connectivity index (χ2n) is 4.63. The first-order valence-electron chi connectivity index (χ1n) is 5.96. The molecule has 2 atom stereocenters. The van der Waals surface area contributed by atoms with Crippen LogP contribution in [0.4, 0.5) is 0 Å². The van der Waals surface area contributed by atoms with E-state index in [-0.39, 0.29) is 6.04 Å². The highest BCUT2D eigenvalue weighted by Gasteiger charge is 2.19. The number of hydrogen-bond acceptors (Lipinski definition) is 3. The van der Waals surface area contributed by atoms with Gasteiger partial charge in [0.05, 0.1) is 18.1 Å². The molecule has 0 fully saturated rings. The topological polar surface area (TPSA) is 47.1 Å². The third kappa shape index (κ3) is 3.06. The summed E-state index contributed by atoms with van der Waals surface area (Å²) in [7, 11) is 4.15. The molecule has 1 rings (SSSR count). The molecule has 1 aromatic rings. The van der Waals surface area contributed by atoms with Gasteiger partial charge in [0.25, 0.3) is 0 Å². The van der Waals surface area contributed by atoms with E-state index in [9.17, 15) is 0 Å². The third-order valence-electron chi connectivity index (χ3n) is 3.25. The summed E-state index contributed by atoms with van der Waals surface area (Å²) in [4.78, 5) is 6.48. The Hall–Kier alpha value is -0.870. The smallest absolute Gasteiger partial charge is 0.0946 e. The van der Waals surface area contributed by atoms with Crippen molar-refractivity contribution in [3.8, 4) is 0 Å². The summed E-state index contributed by atoms with van der Waals surface area (Å²) in [6.45, 7) is 6.20. The monoisotopic (exact) mass is 224 g/mol. The average molecular weight is 224 g/mol. The van der Waals surface area contributed by atoms with E-state index in [1.54, 1.807) is 0 Å². The van der Waals surface area contributed by atoms with E-state index in [4.69, 9.17) is 5.73 Å². The SMILES string of the molecule is CCC(C)CN(C)C(CN)c1cncn1C. The lowest BCUT2D eigenvalue weighted by Crippen LogP contribution is -2.34. The molecule has 0 aliphatic carbocycles. The second-order valence-corrected chi connectivity index (χ2v) is 4.63. The predicted octanol–water partition coefficient (Wildman–Crippen LogP) is 1.40. The lowest BCUT2D eigenvalue weighted by molar-refractivity contribution is 0.209. The summed E-state index contributed by atoms with van der Waals surface area (Å²) in [5, 5.41) is 0. The zero-order valence-electron chi connectivity index (χ0n) is 10.8. The van der Waals surface area contributed by atoms with Crippen molar-refractivity contribution in [2.45, 2.75) is 26.3 Å². The number of aryl methyl sites for hydroxylation is 1. The van der Waals surface area contributed by atoms with Crippen LogP contribution < -0.4 is 5.73 Å². The largest absolute Gasteiger partial charge is 0.336 e. The van der Waals surface area contributed by atoms with E-state index in [1.165, 1.54) is 12.1 Å². The lowest BCUT2D eigenvalue weighted by atomic mass is 10.1. The number of hydrogen-bond donors (Lipinski definition) is 1. The van der Waals surface area contributed by atoms with Gasteiger partial charge in [-0.25, -0.2) is 4.98 Å². The number of imidazole rings is 1. The van der Waals surface area contributed by atoms with Crippen LogP contribution in [0, 0.1) is 5.92 Å². The standard InChI is InChI=1S/C12H24N4/c1-5-10(2)8-15(3)11(6-13)12-7-14-9-16(12)4/h7,9-11H,5-6,8,13H2,1-4H3. The molecule has 4 nitrogen and oxygen atoms in total. The van der Waals surface area contributed by atoms with Gasteiger partial charge in [-0.3, -0.25) is 4.90 Å². The highest BCUT2D eigenvalue weighted by Crippen LogP contribution is 2.18. The van der Waals surface area contributed by atoms with Gasteiger partial charge in [-0.2, -0.15) is 0 Å².